The molecule has 5 nitrogen and oxygen atoms in total. The number of nitrogens with zero attached hydrogens (tertiary/aromatic N) is 1. The van der Waals surface area contributed by atoms with Crippen molar-refractivity contribution in [3.8, 4) is 17.2 Å². The molecule has 5 heteroatoms. The summed E-state index contributed by atoms with van der Waals surface area (Å²) in [5.74, 6) is 0.689. The quantitative estimate of drug-likeness (QED) is 0.437. The Morgan fingerprint density at radius 3 is 2.24 bits per heavy atom. The molecule has 0 fully saturated rings. The molecule has 1 aromatic heterocycles. The Bertz CT molecular complexity index is 1130. The fraction of sp³-hybridized carbons (Fsp3) is 0.125. The number of methoxy groups -OCH3 is 2. The van der Waals surface area contributed by atoms with Gasteiger partial charge in [0.1, 0.15) is 12.4 Å². The molecule has 146 valence electrons. The van der Waals surface area contributed by atoms with Crippen LogP contribution in [0.15, 0.2) is 78.9 Å². The van der Waals surface area contributed by atoms with Crippen LogP contribution in [0.25, 0.3) is 16.6 Å². The minimum atomic E-state index is -0.466. The van der Waals surface area contributed by atoms with Gasteiger partial charge in [-0.2, -0.15) is 0 Å². The largest absolute Gasteiger partial charge is 0.497 e. The van der Waals surface area contributed by atoms with E-state index in [4.69, 9.17) is 14.2 Å². The molecule has 0 spiro atoms. The molecule has 3 aromatic carbocycles. The molecule has 29 heavy (non-hydrogen) atoms. The first-order valence-electron chi connectivity index (χ1n) is 9.26. The van der Waals surface area contributed by atoms with Crippen LogP contribution in [0.3, 0.4) is 0 Å². The predicted molar refractivity (Wildman–Crippen MR) is 112 cm³/mol. The standard InChI is InChI=1S/C24H21NO4/c1-27-19-13-14-21-20(15-19)23(29-16-17-9-5-3-6-10-17)22(24(26)28-2)25(21)18-11-7-4-8-12-18/h3-15H,16H2,1-2H3. The van der Waals surface area contributed by atoms with E-state index in [1.165, 1.54) is 7.11 Å². The second-order valence-corrected chi connectivity index (χ2v) is 6.50. The third kappa shape index (κ3) is 3.55. The number of hydrogen-bond acceptors (Lipinski definition) is 4. The lowest BCUT2D eigenvalue weighted by Gasteiger charge is -2.11. The van der Waals surface area contributed by atoms with Gasteiger partial charge in [0.25, 0.3) is 0 Å². The lowest BCUT2D eigenvalue weighted by molar-refractivity contribution is 0.0586. The topological polar surface area (TPSA) is 49.7 Å². The average molecular weight is 387 g/mol. The maximum atomic E-state index is 12.8. The van der Waals surface area contributed by atoms with Gasteiger partial charge < -0.3 is 18.8 Å². The molecule has 4 aromatic rings. The van der Waals surface area contributed by atoms with Crippen LogP contribution in [0.2, 0.25) is 0 Å². The summed E-state index contributed by atoms with van der Waals surface area (Å²) in [4.78, 5) is 12.8. The lowest BCUT2D eigenvalue weighted by atomic mass is 10.2. The third-order valence-corrected chi connectivity index (χ3v) is 4.75. The molecule has 0 aliphatic heterocycles. The van der Waals surface area contributed by atoms with E-state index in [0.717, 1.165) is 22.2 Å². The van der Waals surface area contributed by atoms with Crippen molar-refractivity contribution in [2.45, 2.75) is 6.61 Å². The number of fused-ring (bicyclic) bond motifs is 1. The van der Waals surface area contributed by atoms with Gasteiger partial charge in [-0.3, -0.25) is 0 Å². The highest BCUT2D eigenvalue weighted by Crippen LogP contribution is 2.38. The second kappa shape index (κ2) is 8.10. The number of esters is 1. The van der Waals surface area contributed by atoms with Crippen LogP contribution in [0.1, 0.15) is 16.1 Å². The van der Waals surface area contributed by atoms with Gasteiger partial charge in [0, 0.05) is 11.1 Å². The number of benzene rings is 3. The third-order valence-electron chi connectivity index (χ3n) is 4.75. The van der Waals surface area contributed by atoms with Crippen LogP contribution in [0, 0.1) is 0 Å². The minimum absolute atomic E-state index is 0.329. The van der Waals surface area contributed by atoms with Crippen molar-refractivity contribution in [1.82, 2.24) is 4.57 Å². The zero-order valence-electron chi connectivity index (χ0n) is 16.3. The molecule has 0 atom stereocenters. The summed E-state index contributed by atoms with van der Waals surface area (Å²) in [5, 5.41) is 0.782. The maximum absolute atomic E-state index is 12.8. The summed E-state index contributed by atoms with van der Waals surface area (Å²) in [6, 6.07) is 25.2. The van der Waals surface area contributed by atoms with Crippen LogP contribution >= 0.6 is 0 Å². The van der Waals surface area contributed by atoms with E-state index in [9.17, 15) is 4.79 Å². The van der Waals surface area contributed by atoms with Crippen molar-refractivity contribution in [3.05, 3.63) is 90.1 Å². The van der Waals surface area contributed by atoms with Gasteiger partial charge in [-0.1, -0.05) is 48.5 Å². The van der Waals surface area contributed by atoms with Crippen LogP contribution in [0.5, 0.6) is 11.5 Å². The first-order chi connectivity index (χ1) is 14.2. The Balaban J connectivity index is 1.94. The van der Waals surface area contributed by atoms with Gasteiger partial charge in [-0.25, -0.2) is 4.79 Å². The molecule has 0 unspecified atom stereocenters. The SMILES string of the molecule is COC(=O)c1c(OCc2ccccc2)c2cc(OC)ccc2n1-c1ccccc1. The smallest absolute Gasteiger partial charge is 0.358 e. The van der Waals surface area contributed by atoms with Crippen molar-refractivity contribution in [1.29, 1.82) is 0 Å². The number of ether oxygens (including phenoxy) is 3. The van der Waals surface area contributed by atoms with Gasteiger partial charge in [0.05, 0.1) is 19.7 Å². The Labute approximate surface area is 169 Å². The highest BCUT2D eigenvalue weighted by atomic mass is 16.5. The molecule has 0 saturated carbocycles. The lowest BCUT2D eigenvalue weighted by Crippen LogP contribution is -2.11. The first kappa shape index (κ1) is 18.6. The fourth-order valence-corrected chi connectivity index (χ4v) is 3.37. The summed E-state index contributed by atoms with van der Waals surface area (Å²) in [5.41, 5.74) is 3.03. The summed E-state index contributed by atoms with van der Waals surface area (Å²) in [6.45, 7) is 0.329. The Morgan fingerprint density at radius 2 is 1.59 bits per heavy atom. The Hall–Kier alpha value is -3.73. The van der Waals surface area contributed by atoms with Crippen LogP contribution < -0.4 is 9.47 Å². The predicted octanol–water partition coefficient (Wildman–Crippen LogP) is 5.00. The van der Waals surface area contributed by atoms with Crippen LogP contribution in [-0.2, 0) is 11.3 Å². The van der Waals surface area contributed by atoms with Crippen molar-refractivity contribution < 1.29 is 19.0 Å². The molecule has 0 saturated heterocycles. The molecule has 0 radical (unpaired) electrons. The second-order valence-electron chi connectivity index (χ2n) is 6.50. The van der Waals surface area contributed by atoms with E-state index >= 15 is 0 Å². The van der Waals surface area contributed by atoms with Crippen molar-refractivity contribution in [2.75, 3.05) is 14.2 Å². The van der Waals surface area contributed by atoms with Gasteiger partial charge in [-0.05, 0) is 35.9 Å². The summed E-state index contributed by atoms with van der Waals surface area (Å²) in [7, 11) is 2.98. The number of hydrogen-bond donors (Lipinski definition) is 0. The zero-order chi connectivity index (χ0) is 20.2. The number of rotatable bonds is 6. The zero-order valence-corrected chi connectivity index (χ0v) is 16.3. The van der Waals surface area contributed by atoms with Crippen molar-refractivity contribution in [2.24, 2.45) is 0 Å². The molecular weight excluding hydrogens is 366 g/mol. The molecule has 0 amide bonds. The minimum Gasteiger partial charge on any atom is -0.497 e. The van der Waals surface area contributed by atoms with E-state index < -0.39 is 5.97 Å². The Kier molecular flexibility index (Phi) is 5.20. The number of carbonyl (C=O) groups is 1. The van der Waals surface area contributed by atoms with Crippen molar-refractivity contribution in [3.63, 3.8) is 0 Å². The maximum Gasteiger partial charge on any atom is 0.358 e. The highest BCUT2D eigenvalue weighted by molar-refractivity contribution is 6.03. The average Bonchev–Trinajstić information content (AvgIpc) is 3.11. The molecule has 4 rings (SSSR count). The van der Waals surface area contributed by atoms with E-state index in [1.54, 1.807) is 7.11 Å². The first-order valence-corrected chi connectivity index (χ1v) is 9.26. The summed E-state index contributed by atoms with van der Waals surface area (Å²) < 4.78 is 18.6. The van der Waals surface area contributed by atoms with Gasteiger partial charge in [-0.15, -0.1) is 0 Å². The molecule has 0 aliphatic rings. The molecule has 0 N–H and O–H groups in total. The van der Waals surface area contributed by atoms with Gasteiger partial charge in [0.2, 0.25) is 0 Å². The van der Waals surface area contributed by atoms with Gasteiger partial charge in [0.15, 0.2) is 11.4 Å². The van der Waals surface area contributed by atoms with E-state index in [2.05, 4.69) is 0 Å². The molecular formula is C24H21NO4. The summed E-state index contributed by atoms with van der Waals surface area (Å²) >= 11 is 0. The Morgan fingerprint density at radius 1 is 0.897 bits per heavy atom. The summed E-state index contributed by atoms with van der Waals surface area (Å²) in [6.07, 6.45) is 0. The fourth-order valence-electron chi connectivity index (χ4n) is 3.37. The molecule has 1 heterocycles. The van der Waals surface area contributed by atoms with Crippen LogP contribution in [-0.4, -0.2) is 24.8 Å². The number of aromatic nitrogens is 1. The number of carbonyl (C=O) groups excluding carboxylic acids is 1. The van der Waals surface area contributed by atoms with E-state index in [-0.39, 0.29) is 0 Å². The normalized spacial score (nSPS) is 10.7. The number of para-hydroxylation sites is 1. The van der Waals surface area contributed by atoms with E-state index in [1.807, 2.05) is 83.4 Å². The monoisotopic (exact) mass is 387 g/mol. The van der Waals surface area contributed by atoms with E-state index in [0.29, 0.717) is 23.8 Å². The van der Waals surface area contributed by atoms with Crippen molar-refractivity contribution >= 4 is 16.9 Å². The van der Waals surface area contributed by atoms with Gasteiger partial charge >= 0.3 is 5.97 Å². The highest BCUT2D eigenvalue weighted by Gasteiger charge is 2.26. The molecule has 0 bridgehead atoms. The van der Waals surface area contributed by atoms with Crippen LogP contribution in [0.4, 0.5) is 0 Å². The molecule has 0 aliphatic carbocycles.